The third-order valence-electron chi connectivity index (χ3n) is 4.00. The number of oxime groups is 1. The molecule has 1 unspecified atom stereocenters. The van der Waals surface area contributed by atoms with Gasteiger partial charge in [-0.05, 0) is 48.0 Å². The first-order valence-electron chi connectivity index (χ1n) is 7.98. The summed E-state index contributed by atoms with van der Waals surface area (Å²) in [5.41, 5.74) is 0.0192. The van der Waals surface area contributed by atoms with Crippen LogP contribution in [0.5, 0.6) is 0 Å². The standard InChI is InChI=1S/C18H14BrCl2FN2O3/c1-3-26-17(25)18(2)7-15(24-27-18)10-5-11(14(22)6-12(10)20)16-13(21)4-9(19)8-23-16/h4-6,8H,3,7H2,1-2H3. The van der Waals surface area contributed by atoms with Gasteiger partial charge in [-0.2, -0.15) is 0 Å². The van der Waals surface area contributed by atoms with Gasteiger partial charge in [-0.1, -0.05) is 28.4 Å². The molecule has 0 aliphatic carbocycles. The van der Waals surface area contributed by atoms with Crippen LogP contribution in [0.1, 0.15) is 25.8 Å². The van der Waals surface area contributed by atoms with E-state index < -0.39 is 17.4 Å². The molecule has 0 radical (unpaired) electrons. The SMILES string of the molecule is CCOC(=O)C1(C)CC(c2cc(-c3ncc(Br)cc3Cl)c(F)cc2Cl)=NO1. The first kappa shape index (κ1) is 20.0. The van der Waals surface area contributed by atoms with E-state index in [1.165, 1.54) is 12.3 Å². The number of carbonyl (C=O) groups excluding carboxylic acids is 1. The number of rotatable bonds is 4. The predicted octanol–water partition coefficient (Wildman–Crippen LogP) is 5.40. The van der Waals surface area contributed by atoms with Gasteiger partial charge in [-0.15, -0.1) is 0 Å². The number of ether oxygens (including phenoxy) is 1. The Hall–Kier alpha value is -1.70. The van der Waals surface area contributed by atoms with Crippen LogP contribution >= 0.6 is 39.1 Å². The summed E-state index contributed by atoms with van der Waals surface area (Å²) in [6.45, 7) is 3.51. The van der Waals surface area contributed by atoms with Crippen LogP contribution < -0.4 is 0 Å². The Morgan fingerprint density at radius 2 is 2.07 bits per heavy atom. The molecule has 2 aromatic rings. The van der Waals surface area contributed by atoms with Crippen molar-refractivity contribution in [1.29, 1.82) is 0 Å². The zero-order chi connectivity index (χ0) is 19.8. The third kappa shape index (κ3) is 3.95. The zero-order valence-corrected chi connectivity index (χ0v) is 17.5. The summed E-state index contributed by atoms with van der Waals surface area (Å²) in [5.74, 6) is -1.10. The maximum atomic E-state index is 14.5. The molecule has 0 fully saturated rings. The Labute approximate surface area is 173 Å². The second kappa shape index (κ2) is 7.73. The molecule has 0 saturated heterocycles. The second-order valence-electron chi connectivity index (χ2n) is 6.05. The molecule has 0 spiro atoms. The molecule has 0 amide bonds. The molecule has 2 heterocycles. The van der Waals surface area contributed by atoms with Gasteiger partial charge < -0.3 is 9.57 Å². The monoisotopic (exact) mass is 474 g/mol. The second-order valence-corrected chi connectivity index (χ2v) is 7.78. The first-order chi connectivity index (χ1) is 12.7. The Kier molecular flexibility index (Phi) is 5.74. The number of carbonyl (C=O) groups is 1. The molecule has 1 aliphatic rings. The lowest BCUT2D eigenvalue weighted by atomic mass is 9.94. The lowest BCUT2D eigenvalue weighted by Crippen LogP contribution is -2.37. The summed E-state index contributed by atoms with van der Waals surface area (Å²) < 4.78 is 20.2. The molecule has 5 nitrogen and oxygen atoms in total. The van der Waals surface area contributed by atoms with E-state index in [9.17, 15) is 9.18 Å². The number of hydrogen-bond donors (Lipinski definition) is 0. The third-order valence-corrected chi connectivity index (χ3v) is 5.03. The van der Waals surface area contributed by atoms with Crippen molar-refractivity contribution < 1.29 is 18.8 Å². The van der Waals surface area contributed by atoms with Gasteiger partial charge in [0.2, 0.25) is 5.60 Å². The Morgan fingerprint density at radius 1 is 1.33 bits per heavy atom. The van der Waals surface area contributed by atoms with Gasteiger partial charge in [0.25, 0.3) is 0 Å². The number of hydrogen-bond acceptors (Lipinski definition) is 5. The van der Waals surface area contributed by atoms with E-state index in [0.29, 0.717) is 15.7 Å². The van der Waals surface area contributed by atoms with Crippen molar-refractivity contribution in [3.05, 3.63) is 50.3 Å². The molecular weight excluding hydrogens is 462 g/mol. The van der Waals surface area contributed by atoms with Crippen LogP contribution in [0, 0.1) is 5.82 Å². The maximum absolute atomic E-state index is 14.5. The minimum Gasteiger partial charge on any atom is -0.463 e. The number of esters is 1. The van der Waals surface area contributed by atoms with Crippen LogP contribution in [-0.2, 0) is 14.4 Å². The quantitative estimate of drug-likeness (QED) is 0.555. The molecule has 142 valence electrons. The van der Waals surface area contributed by atoms with Gasteiger partial charge >= 0.3 is 5.97 Å². The zero-order valence-electron chi connectivity index (χ0n) is 14.4. The number of nitrogens with zero attached hydrogens (tertiary/aromatic N) is 2. The van der Waals surface area contributed by atoms with Crippen LogP contribution in [0.15, 0.2) is 34.0 Å². The van der Waals surface area contributed by atoms with Crippen LogP contribution in [0.3, 0.4) is 0 Å². The largest absolute Gasteiger partial charge is 0.463 e. The van der Waals surface area contributed by atoms with Gasteiger partial charge in [0, 0.05) is 28.2 Å². The Balaban J connectivity index is 1.99. The molecule has 9 heteroatoms. The summed E-state index contributed by atoms with van der Waals surface area (Å²) in [4.78, 5) is 21.6. The summed E-state index contributed by atoms with van der Waals surface area (Å²) >= 11 is 15.7. The Morgan fingerprint density at radius 3 is 2.74 bits per heavy atom. The average molecular weight is 476 g/mol. The van der Waals surface area contributed by atoms with Gasteiger partial charge in [-0.3, -0.25) is 4.98 Å². The summed E-state index contributed by atoms with van der Waals surface area (Å²) in [6, 6.07) is 4.28. The smallest absolute Gasteiger partial charge is 0.353 e. The molecule has 3 rings (SSSR count). The van der Waals surface area contributed by atoms with Crippen LogP contribution in [0.4, 0.5) is 4.39 Å². The van der Waals surface area contributed by atoms with Gasteiger partial charge in [-0.25, -0.2) is 9.18 Å². The van der Waals surface area contributed by atoms with Crippen molar-refractivity contribution in [3.8, 4) is 11.3 Å². The van der Waals surface area contributed by atoms with E-state index in [1.807, 2.05) is 0 Å². The van der Waals surface area contributed by atoms with Crippen LogP contribution in [-0.4, -0.2) is 28.9 Å². The number of aromatic nitrogens is 1. The molecular formula is C18H14BrCl2FN2O3. The minimum atomic E-state index is -1.25. The molecule has 1 atom stereocenters. The fraction of sp³-hybridized carbons (Fsp3) is 0.278. The highest BCUT2D eigenvalue weighted by atomic mass is 79.9. The van der Waals surface area contributed by atoms with E-state index in [2.05, 4.69) is 26.1 Å². The summed E-state index contributed by atoms with van der Waals surface area (Å²) in [5, 5.41) is 4.39. The van der Waals surface area contributed by atoms with E-state index in [1.54, 1.807) is 19.9 Å². The van der Waals surface area contributed by atoms with Crippen LogP contribution in [0.25, 0.3) is 11.3 Å². The maximum Gasteiger partial charge on any atom is 0.353 e. The number of benzene rings is 1. The lowest BCUT2D eigenvalue weighted by molar-refractivity contribution is -0.166. The fourth-order valence-corrected chi connectivity index (χ4v) is 3.63. The van der Waals surface area contributed by atoms with Gasteiger partial charge in [0.1, 0.15) is 5.82 Å². The highest BCUT2D eigenvalue weighted by Gasteiger charge is 2.44. The van der Waals surface area contributed by atoms with Crippen molar-refractivity contribution in [3.63, 3.8) is 0 Å². The topological polar surface area (TPSA) is 60.8 Å². The molecule has 0 bridgehead atoms. The van der Waals surface area contributed by atoms with Crippen molar-refractivity contribution in [2.24, 2.45) is 5.16 Å². The molecule has 1 aromatic heterocycles. The van der Waals surface area contributed by atoms with Crippen molar-refractivity contribution >= 4 is 50.8 Å². The van der Waals surface area contributed by atoms with Crippen molar-refractivity contribution in [2.45, 2.75) is 25.9 Å². The highest BCUT2D eigenvalue weighted by Crippen LogP contribution is 2.36. The summed E-state index contributed by atoms with van der Waals surface area (Å²) in [6.07, 6.45) is 1.65. The molecule has 0 saturated carbocycles. The number of halogens is 4. The minimum absolute atomic E-state index is 0.137. The fourth-order valence-electron chi connectivity index (χ4n) is 2.64. The average Bonchev–Trinajstić information content (AvgIpc) is 2.99. The van der Waals surface area contributed by atoms with Gasteiger partial charge in [0.05, 0.1) is 28.1 Å². The predicted molar refractivity (Wildman–Crippen MR) is 105 cm³/mol. The first-order valence-corrected chi connectivity index (χ1v) is 9.53. The molecule has 27 heavy (non-hydrogen) atoms. The van der Waals surface area contributed by atoms with E-state index in [0.717, 1.165) is 6.07 Å². The normalized spacial score (nSPS) is 18.8. The lowest BCUT2D eigenvalue weighted by Gasteiger charge is -2.18. The number of pyridine rings is 1. The van der Waals surface area contributed by atoms with Gasteiger partial charge in [0.15, 0.2) is 0 Å². The molecule has 0 N–H and O–H groups in total. The van der Waals surface area contributed by atoms with E-state index in [-0.39, 0.29) is 34.3 Å². The van der Waals surface area contributed by atoms with Crippen molar-refractivity contribution in [1.82, 2.24) is 4.98 Å². The van der Waals surface area contributed by atoms with Crippen LogP contribution in [0.2, 0.25) is 10.0 Å². The highest BCUT2D eigenvalue weighted by molar-refractivity contribution is 9.10. The van der Waals surface area contributed by atoms with Crippen molar-refractivity contribution in [2.75, 3.05) is 6.61 Å². The summed E-state index contributed by atoms with van der Waals surface area (Å²) in [7, 11) is 0. The molecule has 1 aliphatic heterocycles. The van der Waals surface area contributed by atoms with E-state index in [4.69, 9.17) is 32.8 Å². The van der Waals surface area contributed by atoms with E-state index >= 15 is 0 Å². The molecule has 1 aromatic carbocycles. The Bertz CT molecular complexity index is 954.